The largest absolute Gasteiger partial charge is 0.351 e. The van der Waals surface area contributed by atoms with Gasteiger partial charge in [0.25, 0.3) is 11.5 Å². The number of pyridine rings is 1. The number of hydrogen-bond donors (Lipinski definition) is 2. The normalized spacial score (nSPS) is 16.6. The second-order valence-electron chi connectivity index (χ2n) is 7.98. The molecule has 162 valence electrons. The molecule has 0 unspecified atom stereocenters. The lowest BCUT2D eigenvalue weighted by atomic mass is 9.99. The van der Waals surface area contributed by atoms with Crippen LogP contribution in [0.2, 0.25) is 0 Å². The number of aromatic amines is 1. The van der Waals surface area contributed by atoms with Crippen LogP contribution in [0.1, 0.15) is 40.9 Å². The minimum Gasteiger partial charge on any atom is -0.351 e. The lowest BCUT2D eigenvalue weighted by Crippen LogP contribution is -2.35. The number of amides is 1. The summed E-state index contributed by atoms with van der Waals surface area (Å²) in [5.41, 5.74) is 1.35. The highest BCUT2D eigenvalue weighted by atomic mass is 16.2. The number of carbonyl (C=O) groups is 1. The van der Waals surface area contributed by atoms with E-state index in [-0.39, 0.29) is 22.5 Å². The van der Waals surface area contributed by atoms with Crippen molar-refractivity contribution in [2.45, 2.75) is 25.7 Å². The highest BCUT2D eigenvalue weighted by molar-refractivity contribution is 6.05. The molecule has 0 spiro atoms. The molecule has 0 bridgehead atoms. The van der Waals surface area contributed by atoms with Gasteiger partial charge in [0, 0.05) is 32.4 Å². The van der Waals surface area contributed by atoms with Crippen molar-refractivity contribution in [2.75, 3.05) is 26.2 Å². The third-order valence-electron chi connectivity index (χ3n) is 5.99. The van der Waals surface area contributed by atoms with Crippen molar-refractivity contribution >= 4 is 16.9 Å². The average molecular weight is 422 g/mol. The number of H-pyrrole nitrogens is 1. The number of benzene rings is 1. The number of fused-ring (bicyclic) bond motifs is 1. The van der Waals surface area contributed by atoms with E-state index < -0.39 is 11.2 Å². The predicted octanol–water partition coefficient (Wildman–Crippen LogP) is 1.40. The molecule has 1 aromatic carbocycles. The third kappa shape index (κ3) is 4.29. The zero-order chi connectivity index (χ0) is 22.0. The molecule has 1 aliphatic heterocycles. The molecule has 0 saturated carbocycles. The van der Waals surface area contributed by atoms with Crippen molar-refractivity contribution in [3.63, 3.8) is 0 Å². The quantitative estimate of drug-likeness (QED) is 0.627. The number of likely N-dealkylation sites (tertiary alicyclic amines) is 1. The molecule has 2 aromatic heterocycles. The van der Waals surface area contributed by atoms with Crippen molar-refractivity contribution in [2.24, 2.45) is 7.05 Å². The average Bonchev–Trinajstić information content (AvgIpc) is 3.26. The maximum absolute atomic E-state index is 12.9. The standard InChI is InChI=1S/C23H27N5O3/c1-3-17-13-18(19-20(25-17)27(2)23(31)26-22(19)30)21(29)24-10-12-28-11-9-16(14-28)15-7-5-4-6-8-15/h4-8,13,16H,3,9-12,14H2,1-2H3,(H,24,29)(H,26,30,31)/t16-/m1/s1. The first-order valence-electron chi connectivity index (χ1n) is 10.7. The summed E-state index contributed by atoms with van der Waals surface area (Å²) in [5.74, 6) is 0.193. The van der Waals surface area contributed by atoms with Crippen molar-refractivity contribution in [1.82, 2.24) is 24.8 Å². The first kappa shape index (κ1) is 21.0. The van der Waals surface area contributed by atoms with E-state index in [1.165, 1.54) is 17.2 Å². The number of aromatic nitrogens is 3. The highest BCUT2D eigenvalue weighted by Crippen LogP contribution is 2.26. The fourth-order valence-corrected chi connectivity index (χ4v) is 4.21. The smallest absolute Gasteiger partial charge is 0.329 e. The third-order valence-corrected chi connectivity index (χ3v) is 5.99. The van der Waals surface area contributed by atoms with Gasteiger partial charge >= 0.3 is 5.69 Å². The summed E-state index contributed by atoms with van der Waals surface area (Å²) in [6, 6.07) is 12.1. The van der Waals surface area contributed by atoms with Gasteiger partial charge in [0.1, 0.15) is 5.65 Å². The first-order valence-corrected chi connectivity index (χ1v) is 10.7. The maximum atomic E-state index is 12.9. The number of aryl methyl sites for hydroxylation is 2. The van der Waals surface area contributed by atoms with Gasteiger partial charge in [-0.1, -0.05) is 37.3 Å². The molecule has 1 saturated heterocycles. The van der Waals surface area contributed by atoms with E-state index in [1.807, 2.05) is 13.0 Å². The lowest BCUT2D eigenvalue weighted by Gasteiger charge is -2.17. The SMILES string of the molecule is CCc1cc(C(=O)NCCN2CC[C@@H](c3ccccc3)C2)c2c(=O)[nH]c(=O)n(C)c2n1. The molecule has 1 amide bonds. The molecule has 0 aliphatic carbocycles. The molecular weight excluding hydrogens is 394 g/mol. The van der Waals surface area contributed by atoms with Gasteiger partial charge in [-0.3, -0.25) is 19.1 Å². The summed E-state index contributed by atoms with van der Waals surface area (Å²) >= 11 is 0. The molecule has 2 N–H and O–H groups in total. The van der Waals surface area contributed by atoms with Crippen LogP contribution in [0.25, 0.3) is 11.0 Å². The van der Waals surface area contributed by atoms with E-state index in [4.69, 9.17) is 0 Å². The van der Waals surface area contributed by atoms with Gasteiger partial charge in [-0.15, -0.1) is 0 Å². The fraction of sp³-hybridized carbons (Fsp3) is 0.391. The Balaban J connectivity index is 1.46. The summed E-state index contributed by atoms with van der Waals surface area (Å²) in [6.07, 6.45) is 1.70. The minimum atomic E-state index is -0.594. The van der Waals surface area contributed by atoms with E-state index in [2.05, 4.69) is 44.5 Å². The van der Waals surface area contributed by atoms with Crippen LogP contribution < -0.4 is 16.6 Å². The maximum Gasteiger partial charge on any atom is 0.329 e. The van der Waals surface area contributed by atoms with Gasteiger partial charge < -0.3 is 10.2 Å². The van der Waals surface area contributed by atoms with E-state index in [1.54, 1.807) is 6.07 Å². The lowest BCUT2D eigenvalue weighted by molar-refractivity contribution is 0.0951. The van der Waals surface area contributed by atoms with E-state index in [0.29, 0.717) is 24.6 Å². The van der Waals surface area contributed by atoms with E-state index >= 15 is 0 Å². The molecule has 0 radical (unpaired) electrons. The number of nitrogens with zero attached hydrogens (tertiary/aromatic N) is 3. The molecule has 3 heterocycles. The molecule has 4 rings (SSSR count). The minimum absolute atomic E-state index is 0.141. The monoisotopic (exact) mass is 421 g/mol. The van der Waals surface area contributed by atoms with Crippen molar-refractivity contribution in [3.05, 3.63) is 74.1 Å². The van der Waals surface area contributed by atoms with Gasteiger partial charge in [-0.05, 0) is 36.9 Å². The van der Waals surface area contributed by atoms with E-state index in [0.717, 1.165) is 26.1 Å². The Morgan fingerprint density at radius 2 is 2.03 bits per heavy atom. The van der Waals surface area contributed by atoms with E-state index in [9.17, 15) is 14.4 Å². The summed E-state index contributed by atoms with van der Waals surface area (Å²) < 4.78 is 1.26. The van der Waals surface area contributed by atoms with Crippen LogP contribution in [0.3, 0.4) is 0 Å². The van der Waals surface area contributed by atoms with Gasteiger partial charge in [0.05, 0.1) is 10.9 Å². The van der Waals surface area contributed by atoms with Crippen LogP contribution in [0.15, 0.2) is 46.0 Å². The Labute approximate surface area is 179 Å². The number of nitrogens with one attached hydrogen (secondary N) is 2. The van der Waals surface area contributed by atoms with Crippen LogP contribution in [0.4, 0.5) is 0 Å². The fourth-order valence-electron chi connectivity index (χ4n) is 4.21. The topological polar surface area (TPSA) is 100 Å². The summed E-state index contributed by atoms with van der Waals surface area (Å²) in [4.78, 5) is 46.3. The molecule has 1 aliphatic rings. The first-order chi connectivity index (χ1) is 15.0. The zero-order valence-corrected chi connectivity index (χ0v) is 17.9. The molecule has 1 fully saturated rings. The van der Waals surface area contributed by atoms with Crippen molar-refractivity contribution in [1.29, 1.82) is 0 Å². The molecular formula is C23H27N5O3. The molecule has 1 atom stereocenters. The molecule has 3 aromatic rings. The predicted molar refractivity (Wildman–Crippen MR) is 120 cm³/mol. The van der Waals surface area contributed by atoms with Crippen LogP contribution in [-0.2, 0) is 13.5 Å². The van der Waals surface area contributed by atoms with Crippen LogP contribution in [0.5, 0.6) is 0 Å². The molecule has 8 nitrogen and oxygen atoms in total. The number of rotatable bonds is 6. The highest BCUT2D eigenvalue weighted by Gasteiger charge is 2.24. The summed E-state index contributed by atoms with van der Waals surface area (Å²) in [7, 11) is 1.53. The Bertz CT molecular complexity index is 1220. The van der Waals surface area contributed by atoms with Crippen LogP contribution in [-0.4, -0.2) is 51.5 Å². The Kier molecular flexibility index (Phi) is 5.99. The summed E-state index contributed by atoms with van der Waals surface area (Å²) in [5, 5.41) is 3.08. The van der Waals surface area contributed by atoms with Crippen LogP contribution >= 0.6 is 0 Å². The zero-order valence-electron chi connectivity index (χ0n) is 17.9. The number of carbonyl (C=O) groups excluding carboxylic acids is 1. The van der Waals surface area contributed by atoms with Crippen LogP contribution in [0, 0.1) is 0 Å². The molecule has 31 heavy (non-hydrogen) atoms. The van der Waals surface area contributed by atoms with Gasteiger partial charge in [-0.2, -0.15) is 0 Å². The molecule has 8 heteroatoms. The van der Waals surface area contributed by atoms with Crippen molar-refractivity contribution < 1.29 is 4.79 Å². The summed E-state index contributed by atoms with van der Waals surface area (Å²) in [6.45, 7) is 5.11. The Morgan fingerprint density at radius 1 is 1.26 bits per heavy atom. The van der Waals surface area contributed by atoms with Gasteiger partial charge in [0.2, 0.25) is 0 Å². The van der Waals surface area contributed by atoms with Crippen molar-refractivity contribution in [3.8, 4) is 0 Å². The van der Waals surface area contributed by atoms with Gasteiger partial charge in [0.15, 0.2) is 0 Å². The Hall–Kier alpha value is -3.26. The second-order valence-corrected chi connectivity index (χ2v) is 7.98. The second kappa shape index (κ2) is 8.85. The van der Waals surface area contributed by atoms with Gasteiger partial charge in [-0.25, -0.2) is 9.78 Å². The number of hydrogen-bond acceptors (Lipinski definition) is 5. The Morgan fingerprint density at radius 3 is 2.77 bits per heavy atom.